The van der Waals surface area contributed by atoms with Crippen LogP contribution in [0.3, 0.4) is 0 Å². The Kier molecular flexibility index (Phi) is 3.42. The summed E-state index contributed by atoms with van der Waals surface area (Å²) in [5.41, 5.74) is 5.35. The molecule has 0 saturated heterocycles. The number of hydrogen-bond acceptors (Lipinski definition) is 3. The number of hydrogen-bond donors (Lipinski definition) is 0. The topological polar surface area (TPSA) is 35.6 Å². The van der Waals surface area contributed by atoms with Gasteiger partial charge in [0.1, 0.15) is 5.01 Å². The third-order valence-corrected chi connectivity index (χ3v) is 5.90. The van der Waals surface area contributed by atoms with Gasteiger partial charge in [0.15, 0.2) is 5.15 Å². The van der Waals surface area contributed by atoms with Crippen LogP contribution in [0.5, 0.6) is 0 Å². The molecule has 0 radical (unpaired) electrons. The monoisotopic (exact) mass is 378 g/mol. The standard InChI is InChI=1S/C20H15ClN4S/c1-24-10-15(12-5-3-4-6-17(12)24)20-23-16(11-26-20)14-9-25(2)18-13(14)7-8-22-19(18)21/h3-11H,1-2H3. The summed E-state index contributed by atoms with van der Waals surface area (Å²) in [5, 5.41) is 5.94. The van der Waals surface area contributed by atoms with Crippen molar-refractivity contribution in [2.75, 3.05) is 0 Å². The van der Waals surface area contributed by atoms with Crippen LogP contribution in [0.4, 0.5) is 0 Å². The largest absolute Gasteiger partial charge is 0.350 e. The minimum atomic E-state index is 0.515. The van der Waals surface area contributed by atoms with Crippen LogP contribution in [0.2, 0.25) is 5.15 Å². The highest BCUT2D eigenvalue weighted by atomic mass is 35.5. The normalized spacial score (nSPS) is 11.7. The molecular formula is C20H15ClN4S. The van der Waals surface area contributed by atoms with E-state index in [4.69, 9.17) is 16.6 Å². The molecule has 4 aromatic heterocycles. The maximum atomic E-state index is 6.28. The second-order valence-electron chi connectivity index (χ2n) is 6.36. The molecule has 6 heteroatoms. The number of aryl methyl sites for hydroxylation is 2. The van der Waals surface area contributed by atoms with Crippen molar-refractivity contribution in [3.8, 4) is 21.8 Å². The van der Waals surface area contributed by atoms with Crippen molar-refractivity contribution >= 4 is 44.7 Å². The minimum absolute atomic E-state index is 0.515. The molecule has 4 heterocycles. The van der Waals surface area contributed by atoms with Crippen LogP contribution >= 0.6 is 22.9 Å². The summed E-state index contributed by atoms with van der Waals surface area (Å²) in [4.78, 5) is 9.12. The number of para-hydroxylation sites is 1. The number of aromatic nitrogens is 4. The quantitative estimate of drug-likeness (QED) is 0.380. The first kappa shape index (κ1) is 15.6. The van der Waals surface area contributed by atoms with Crippen molar-refractivity contribution in [3.63, 3.8) is 0 Å². The van der Waals surface area contributed by atoms with Crippen molar-refractivity contribution in [2.24, 2.45) is 14.1 Å². The minimum Gasteiger partial charge on any atom is -0.350 e. The number of benzene rings is 1. The van der Waals surface area contributed by atoms with Gasteiger partial charge in [0.25, 0.3) is 0 Å². The predicted molar refractivity (Wildman–Crippen MR) is 109 cm³/mol. The molecule has 0 amide bonds. The van der Waals surface area contributed by atoms with Crippen LogP contribution in [0.25, 0.3) is 43.6 Å². The van der Waals surface area contributed by atoms with Crippen molar-refractivity contribution in [1.29, 1.82) is 0 Å². The lowest BCUT2D eigenvalue weighted by Crippen LogP contribution is -1.85. The lowest BCUT2D eigenvalue weighted by Gasteiger charge is -1.97. The predicted octanol–water partition coefficient (Wildman–Crippen LogP) is 5.51. The summed E-state index contributed by atoms with van der Waals surface area (Å²) in [6.07, 6.45) is 5.96. The van der Waals surface area contributed by atoms with Crippen LogP contribution in [-0.2, 0) is 14.1 Å². The van der Waals surface area contributed by atoms with E-state index < -0.39 is 0 Å². The Morgan fingerprint density at radius 3 is 2.65 bits per heavy atom. The van der Waals surface area contributed by atoms with Crippen LogP contribution in [-0.4, -0.2) is 19.1 Å². The Morgan fingerprint density at radius 1 is 0.962 bits per heavy atom. The first-order chi connectivity index (χ1) is 12.6. The summed E-state index contributed by atoms with van der Waals surface area (Å²) in [6.45, 7) is 0. The molecule has 0 N–H and O–H groups in total. The number of halogens is 1. The van der Waals surface area contributed by atoms with Crippen molar-refractivity contribution in [2.45, 2.75) is 0 Å². The van der Waals surface area contributed by atoms with E-state index in [0.717, 1.165) is 27.2 Å². The summed E-state index contributed by atoms with van der Waals surface area (Å²) in [6, 6.07) is 10.4. The number of thiazole rings is 1. The van der Waals surface area contributed by atoms with E-state index in [1.54, 1.807) is 17.5 Å². The molecule has 0 aliphatic carbocycles. The fraction of sp³-hybridized carbons (Fsp3) is 0.100. The molecule has 0 spiro atoms. The molecule has 0 bridgehead atoms. The van der Waals surface area contributed by atoms with Crippen molar-refractivity contribution < 1.29 is 0 Å². The molecule has 26 heavy (non-hydrogen) atoms. The zero-order valence-corrected chi connectivity index (χ0v) is 15.8. The van der Waals surface area contributed by atoms with Gasteiger partial charge in [-0.25, -0.2) is 9.97 Å². The fourth-order valence-corrected chi connectivity index (χ4v) is 4.68. The highest BCUT2D eigenvalue weighted by molar-refractivity contribution is 7.13. The van der Waals surface area contributed by atoms with Gasteiger partial charge in [-0.15, -0.1) is 11.3 Å². The lowest BCUT2D eigenvalue weighted by atomic mass is 10.1. The summed E-state index contributed by atoms with van der Waals surface area (Å²) >= 11 is 7.95. The van der Waals surface area contributed by atoms with Crippen LogP contribution in [0.15, 0.2) is 54.3 Å². The van der Waals surface area contributed by atoms with E-state index >= 15 is 0 Å². The van der Waals surface area contributed by atoms with E-state index in [1.807, 2.05) is 17.7 Å². The summed E-state index contributed by atoms with van der Waals surface area (Å²) < 4.78 is 4.16. The first-order valence-corrected chi connectivity index (χ1v) is 9.49. The van der Waals surface area contributed by atoms with Gasteiger partial charge in [0, 0.05) is 65.5 Å². The van der Waals surface area contributed by atoms with Gasteiger partial charge in [-0.2, -0.15) is 0 Å². The SMILES string of the molecule is Cn1cc(-c2nc(-c3cn(C)c4c(Cl)nccc34)cs2)c2ccccc21. The van der Waals surface area contributed by atoms with Crippen LogP contribution in [0, 0.1) is 0 Å². The van der Waals surface area contributed by atoms with Crippen LogP contribution < -0.4 is 0 Å². The van der Waals surface area contributed by atoms with Gasteiger partial charge < -0.3 is 9.13 Å². The summed E-state index contributed by atoms with van der Waals surface area (Å²) in [7, 11) is 4.05. The third kappa shape index (κ3) is 2.21. The molecular weight excluding hydrogens is 364 g/mol. The Bertz CT molecular complexity index is 1280. The molecule has 5 aromatic rings. The molecule has 4 nitrogen and oxygen atoms in total. The van der Waals surface area contributed by atoms with Gasteiger partial charge >= 0.3 is 0 Å². The van der Waals surface area contributed by atoms with Gasteiger partial charge in [0.05, 0.1) is 11.2 Å². The molecule has 0 saturated carbocycles. The zero-order chi connectivity index (χ0) is 17.8. The molecule has 0 aliphatic rings. The van der Waals surface area contributed by atoms with Crippen molar-refractivity contribution in [1.82, 2.24) is 19.1 Å². The highest BCUT2D eigenvalue weighted by Crippen LogP contribution is 2.37. The average molecular weight is 379 g/mol. The maximum Gasteiger partial charge on any atom is 0.153 e. The second-order valence-corrected chi connectivity index (χ2v) is 7.58. The summed E-state index contributed by atoms with van der Waals surface area (Å²) in [5.74, 6) is 0. The van der Waals surface area contributed by atoms with Gasteiger partial charge in [0.2, 0.25) is 0 Å². The Hall–Kier alpha value is -2.63. The van der Waals surface area contributed by atoms with E-state index in [-0.39, 0.29) is 0 Å². The van der Waals surface area contributed by atoms with Gasteiger partial charge in [-0.1, -0.05) is 29.8 Å². The lowest BCUT2D eigenvalue weighted by molar-refractivity contribution is 0.965. The molecule has 0 unspecified atom stereocenters. The third-order valence-electron chi connectivity index (χ3n) is 4.75. The molecule has 1 aromatic carbocycles. The van der Waals surface area contributed by atoms with E-state index in [2.05, 4.69) is 58.6 Å². The van der Waals surface area contributed by atoms with E-state index in [0.29, 0.717) is 5.15 Å². The zero-order valence-electron chi connectivity index (χ0n) is 14.3. The van der Waals surface area contributed by atoms with Gasteiger partial charge in [-0.3, -0.25) is 0 Å². The second kappa shape index (κ2) is 5.69. The Morgan fingerprint density at radius 2 is 1.77 bits per heavy atom. The fourth-order valence-electron chi connectivity index (χ4n) is 3.55. The molecule has 0 atom stereocenters. The smallest absolute Gasteiger partial charge is 0.153 e. The number of rotatable bonds is 2. The number of nitrogens with zero attached hydrogens (tertiary/aromatic N) is 4. The van der Waals surface area contributed by atoms with Crippen molar-refractivity contribution in [3.05, 3.63) is 59.5 Å². The Labute approximate surface area is 159 Å². The van der Waals surface area contributed by atoms with E-state index in [1.165, 1.54) is 16.5 Å². The highest BCUT2D eigenvalue weighted by Gasteiger charge is 2.16. The maximum absolute atomic E-state index is 6.28. The molecule has 5 rings (SSSR count). The molecule has 0 fully saturated rings. The Balaban J connectivity index is 1.69. The molecule has 0 aliphatic heterocycles. The number of pyridine rings is 1. The van der Waals surface area contributed by atoms with E-state index in [9.17, 15) is 0 Å². The molecule has 128 valence electrons. The average Bonchev–Trinajstić information content (AvgIpc) is 3.32. The number of fused-ring (bicyclic) bond motifs is 2. The van der Waals surface area contributed by atoms with Crippen LogP contribution in [0.1, 0.15) is 0 Å². The first-order valence-electron chi connectivity index (χ1n) is 8.23. The van der Waals surface area contributed by atoms with Gasteiger partial charge in [-0.05, 0) is 12.1 Å².